The van der Waals surface area contributed by atoms with E-state index in [-0.39, 0.29) is 11.8 Å². The van der Waals surface area contributed by atoms with E-state index < -0.39 is 9.84 Å². The summed E-state index contributed by atoms with van der Waals surface area (Å²) in [6.07, 6.45) is 2.23. The summed E-state index contributed by atoms with van der Waals surface area (Å²) in [7, 11) is -1.24. The van der Waals surface area contributed by atoms with E-state index in [1.54, 1.807) is 18.5 Å². The van der Waals surface area contributed by atoms with Crippen molar-refractivity contribution in [2.75, 3.05) is 5.75 Å². The monoisotopic (exact) mass is 292 g/mol. The van der Waals surface area contributed by atoms with Crippen LogP contribution in [0.2, 0.25) is 0 Å². The van der Waals surface area contributed by atoms with Crippen molar-refractivity contribution in [2.24, 2.45) is 7.05 Å². The van der Waals surface area contributed by atoms with Crippen molar-refractivity contribution < 1.29 is 8.42 Å². The van der Waals surface area contributed by atoms with Crippen LogP contribution >= 0.6 is 0 Å². The third kappa shape index (κ3) is 2.34. The molecule has 1 aliphatic rings. The molecule has 1 N–H and O–H groups in total. The summed E-state index contributed by atoms with van der Waals surface area (Å²) in [4.78, 5) is 0.446. The SMILES string of the molecule is Cn1cnnc1CNC1CCS(=O)(=O)c2ccccc21. The van der Waals surface area contributed by atoms with Crippen molar-refractivity contribution in [3.8, 4) is 0 Å². The minimum Gasteiger partial charge on any atom is -0.320 e. The molecule has 3 rings (SSSR count). The first-order valence-corrected chi connectivity index (χ1v) is 8.11. The van der Waals surface area contributed by atoms with Crippen LogP contribution in [0.1, 0.15) is 23.9 Å². The maximum Gasteiger partial charge on any atom is 0.178 e. The Kier molecular flexibility index (Phi) is 3.31. The van der Waals surface area contributed by atoms with E-state index in [0.717, 1.165) is 11.4 Å². The lowest BCUT2D eigenvalue weighted by Crippen LogP contribution is -2.30. The second-order valence-electron chi connectivity index (χ2n) is 4.94. The number of nitrogens with zero attached hydrogens (tertiary/aromatic N) is 3. The molecule has 6 nitrogen and oxygen atoms in total. The Labute approximate surface area is 117 Å². The van der Waals surface area contributed by atoms with Gasteiger partial charge < -0.3 is 9.88 Å². The Morgan fingerprint density at radius 3 is 2.95 bits per heavy atom. The first kappa shape index (κ1) is 13.3. The van der Waals surface area contributed by atoms with Crippen LogP contribution in [-0.4, -0.2) is 28.9 Å². The van der Waals surface area contributed by atoms with Crippen molar-refractivity contribution in [1.29, 1.82) is 0 Å². The summed E-state index contributed by atoms with van der Waals surface area (Å²) in [5.41, 5.74) is 0.848. The second-order valence-corrected chi connectivity index (χ2v) is 7.01. The fourth-order valence-corrected chi connectivity index (χ4v) is 4.11. The lowest BCUT2D eigenvalue weighted by Gasteiger charge is -2.26. The average molecular weight is 292 g/mol. The van der Waals surface area contributed by atoms with Gasteiger partial charge in [-0.05, 0) is 18.1 Å². The molecule has 0 saturated heterocycles. The molecule has 0 aliphatic carbocycles. The Balaban J connectivity index is 1.84. The summed E-state index contributed by atoms with van der Waals surface area (Å²) >= 11 is 0. The van der Waals surface area contributed by atoms with Gasteiger partial charge in [0.2, 0.25) is 0 Å². The van der Waals surface area contributed by atoms with E-state index in [1.807, 2.05) is 23.7 Å². The quantitative estimate of drug-likeness (QED) is 0.906. The molecule has 106 valence electrons. The van der Waals surface area contributed by atoms with Crippen molar-refractivity contribution in [1.82, 2.24) is 20.1 Å². The molecular formula is C13H16N4O2S. The first-order chi connectivity index (χ1) is 9.58. The number of sulfone groups is 1. The van der Waals surface area contributed by atoms with Crippen LogP contribution in [0, 0.1) is 0 Å². The molecule has 1 atom stereocenters. The number of aromatic nitrogens is 3. The third-order valence-corrected chi connectivity index (χ3v) is 5.43. The summed E-state index contributed by atoms with van der Waals surface area (Å²) in [6.45, 7) is 0.565. The fraction of sp³-hybridized carbons (Fsp3) is 0.385. The highest BCUT2D eigenvalue weighted by molar-refractivity contribution is 7.91. The normalized spacial score (nSPS) is 20.6. The number of hydrogen-bond acceptors (Lipinski definition) is 5. The van der Waals surface area contributed by atoms with Gasteiger partial charge in [-0.15, -0.1) is 10.2 Å². The summed E-state index contributed by atoms with van der Waals surface area (Å²) in [6, 6.07) is 7.23. The van der Waals surface area contributed by atoms with Crippen LogP contribution in [0.15, 0.2) is 35.5 Å². The molecule has 0 spiro atoms. The number of hydrogen-bond donors (Lipinski definition) is 1. The Hall–Kier alpha value is -1.73. The van der Waals surface area contributed by atoms with Gasteiger partial charge in [0.05, 0.1) is 17.2 Å². The van der Waals surface area contributed by atoms with Gasteiger partial charge in [0.25, 0.3) is 0 Å². The number of benzene rings is 1. The number of fused-ring (bicyclic) bond motifs is 1. The largest absolute Gasteiger partial charge is 0.320 e. The maximum absolute atomic E-state index is 12.1. The number of nitrogens with one attached hydrogen (secondary N) is 1. The average Bonchev–Trinajstić information content (AvgIpc) is 2.84. The molecule has 1 aliphatic heterocycles. The van der Waals surface area contributed by atoms with Crippen LogP contribution in [0.25, 0.3) is 0 Å². The Morgan fingerprint density at radius 1 is 1.40 bits per heavy atom. The van der Waals surface area contributed by atoms with E-state index in [2.05, 4.69) is 15.5 Å². The van der Waals surface area contributed by atoms with Gasteiger partial charge in [-0.25, -0.2) is 8.42 Å². The van der Waals surface area contributed by atoms with Gasteiger partial charge in [-0.3, -0.25) is 0 Å². The molecule has 0 saturated carbocycles. The molecule has 1 aromatic heterocycles. The van der Waals surface area contributed by atoms with E-state index in [4.69, 9.17) is 0 Å². The maximum atomic E-state index is 12.1. The zero-order valence-corrected chi connectivity index (χ0v) is 12.0. The lowest BCUT2D eigenvalue weighted by atomic mass is 10.0. The second kappa shape index (κ2) is 4.99. The highest BCUT2D eigenvalue weighted by Crippen LogP contribution is 2.31. The lowest BCUT2D eigenvalue weighted by molar-refractivity contribution is 0.479. The molecule has 1 aromatic carbocycles. The number of rotatable bonds is 3. The molecule has 2 heterocycles. The summed E-state index contributed by atoms with van der Waals surface area (Å²) in [5, 5.41) is 11.2. The predicted molar refractivity (Wildman–Crippen MR) is 73.7 cm³/mol. The first-order valence-electron chi connectivity index (χ1n) is 6.46. The van der Waals surface area contributed by atoms with E-state index >= 15 is 0 Å². The standard InChI is InChI=1S/C13H16N4O2S/c1-17-9-15-16-13(17)8-14-11-6-7-20(18,19)12-5-3-2-4-10(11)12/h2-5,9,11,14H,6-8H2,1H3. The van der Waals surface area contributed by atoms with E-state index in [1.165, 1.54) is 0 Å². The number of aryl methyl sites for hydroxylation is 1. The smallest absolute Gasteiger partial charge is 0.178 e. The highest BCUT2D eigenvalue weighted by Gasteiger charge is 2.29. The van der Waals surface area contributed by atoms with Gasteiger partial charge >= 0.3 is 0 Å². The van der Waals surface area contributed by atoms with E-state index in [0.29, 0.717) is 17.9 Å². The molecule has 2 aromatic rings. The van der Waals surface area contributed by atoms with E-state index in [9.17, 15) is 8.42 Å². The van der Waals surface area contributed by atoms with Gasteiger partial charge in [-0.2, -0.15) is 0 Å². The fourth-order valence-electron chi connectivity index (χ4n) is 2.48. The third-order valence-electron chi connectivity index (χ3n) is 3.62. The van der Waals surface area contributed by atoms with Crippen LogP contribution in [0.5, 0.6) is 0 Å². The van der Waals surface area contributed by atoms with Gasteiger partial charge in [0.1, 0.15) is 12.2 Å². The van der Waals surface area contributed by atoms with Gasteiger partial charge in [0.15, 0.2) is 9.84 Å². The van der Waals surface area contributed by atoms with Crippen molar-refractivity contribution >= 4 is 9.84 Å². The zero-order valence-electron chi connectivity index (χ0n) is 11.2. The van der Waals surface area contributed by atoms with Crippen LogP contribution in [0.3, 0.4) is 0 Å². The minimum atomic E-state index is -3.13. The predicted octanol–water partition coefficient (Wildman–Crippen LogP) is 0.823. The highest BCUT2D eigenvalue weighted by atomic mass is 32.2. The summed E-state index contributed by atoms with van der Waals surface area (Å²) < 4.78 is 25.9. The zero-order chi connectivity index (χ0) is 14.2. The van der Waals surface area contributed by atoms with Gasteiger partial charge in [0, 0.05) is 13.1 Å². The molecule has 1 unspecified atom stereocenters. The molecule has 0 bridgehead atoms. The van der Waals surface area contributed by atoms with Crippen LogP contribution in [0.4, 0.5) is 0 Å². The molecule has 0 radical (unpaired) electrons. The molecular weight excluding hydrogens is 276 g/mol. The van der Waals surface area contributed by atoms with Crippen LogP contribution < -0.4 is 5.32 Å². The molecule has 7 heteroatoms. The van der Waals surface area contributed by atoms with Crippen molar-refractivity contribution in [2.45, 2.75) is 23.9 Å². The van der Waals surface area contributed by atoms with Gasteiger partial charge in [-0.1, -0.05) is 18.2 Å². The van der Waals surface area contributed by atoms with Crippen molar-refractivity contribution in [3.05, 3.63) is 42.0 Å². The minimum absolute atomic E-state index is 0.0337. The van der Waals surface area contributed by atoms with Crippen LogP contribution in [-0.2, 0) is 23.4 Å². The summed E-state index contributed by atoms with van der Waals surface area (Å²) in [5.74, 6) is 1.01. The molecule has 0 amide bonds. The molecule has 0 fully saturated rings. The Bertz CT molecular complexity index is 723. The van der Waals surface area contributed by atoms with Crippen molar-refractivity contribution in [3.63, 3.8) is 0 Å². The molecule has 20 heavy (non-hydrogen) atoms. The topological polar surface area (TPSA) is 76.9 Å². The Morgan fingerprint density at radius 2 is 2.20 bits per heavy atom.